The summed E-state index contributed by atoms with van der Waals surface area (Å²) < 4.78 is 17.4. The van der Waals surface area contributed by atoms with Gasteiger partial charge in [-0.3, -0.25) is 19.8 Å². The van der Waals surface area contributed by atoms with E-state index >= 15 is 0 Å². The standard InChI is InChI=1S/C25H32FN5O5S/c1-36-24(34)30-23-28-13-20(37-23)25(35)8-5-19(6-9-25)31-10-7-18(15-31)29-21(32)14-27-22(33)17-4-2-3-16(11-17)12-26/h2-4,11,13,18-19,35H,5-10,12,14-15H2,1H3,(H,27,33)(H,29,32)(H,28,30,34)/t18-,19?,25?/m1/s1. The predicted molar refractivity (Wildman–Crippen MR) is 136 cm³/mol. The highest BCUT2D eigenvalue weighted by molar-refractivity contribution is 7.15. The Morgan fingerprint density at radius 2 is 2.05 bits per heavy atom. The largest absolute Gasteiger partial charge is 0.453 e. The number of likely N-dealkylation sites (tertiary alicyclic amines) is 1. The lowest BCUT2D eigenvalue weighted by atomic mass is 9.81. The van der Waals surface area contributed by atoms with Gasteiger partial charge in [0.2, 0.25) is 5.91 Å². The zero-order chi connectivity index (χ0) is 26.4. The van der Waals surface area contributed by atoms with E-state index in [4.69, 9.17) is 0 Å². The summed E-state index contributed by atoms with van der Waals surface area (Å²) in [7, 11) is 1.28. The number of alkyl halides is 1. The monoisotopic (exact) mass is 533 g/mol. The van der Waals surface area contributed by atoms with Crippen molar-refractivity contribution in [1.82, 2.24) is 20.5 Å². The molecule has 0 bridgehead atoms. The summed E-state index contributed by atoms with van der Waals surface area (Å²) in [5.41, 5.74) is -0.238. The number of nitrogens with zero attached hydrogens (tertiary/aromatic N) is 2. The maximum absolute atomic E-state index is 12.8. The molecule has 1 atom stereocenters. The Bertz CT molecular complexity index is 1120. The first-order valence-electron chi connectivity index (χ1n) is 12.3. The third-order valence-electron chi connectivity index (χ3n) is 7.00. The third-order valence-corrected chi connectivity index (χ3v) is 8.10. The maximum Gasteiger partial charge on any atom is 0.413 e. The molecule has 1 aromatic carbocycles. The molecule has 0 radical (unpaired) electrons. The number of rotatable bonds is 8. The van der Waals surface area contributed by atoms with Crippen LogP contribution in [0.5, 0.6) is 0 Å². The predicted octanol–water partition coefficient (Wildman–Crippen LogP) is 2.54. The van der Waals surface area contributed by atoms with Crippen molar-refractivity contribution in [2.24, 2.45) is 0 Å². The molecule has 0 unspecified atom stereocenters. The Kier molecular flexibility index (Phi) is 8.72. The van der Waals surface area contributed by atoms with Crippen LogP contribution in [0.15, 0.2) is 30.5 Å². The van der Waals surface area contributed by atoms with Gasteiger partial charge >= 0.3 is 6.09 Å². The average Bonchev–Trinajstić information content (AvgIpc) is 3.58. The normalized spacial score (nSPS) is 23.9. The van der Waals surface area contributed by atoms with Crippen LogP contribution >= 0.6 is 11.3 Å². The summed E-state index contributed by atoms with van der Waals surface area (Å²) in [5, 5.41) is 19.7. The van der Waals surface area contributed by atoms with Crippen molar-refractivity contribution in [3.05, 3.63) is 46.5 Å². The van der Waals surface area contributed by atoms with Gasteiger partial charge in [0.05, 0.1) is 18.5 Å². The summed E-state index contributed by atoms with van der Waals surface area (Å²) in [5.74, 6) is -0.677. The van der Waals surface area contributed by atoms with Crippen LogP contribution in [0.4, 0.5) is 14.3 Å². The SMILES string of the molecule is COC(=O)Nc1ncc(C2(O)CCC(N3CC[C@@H](NC(=O)CNC(=O)c4cccc(CF)c4)C3)CC2)s1. The van der Waals surface area contributed by atoms with Gasteiger partial charge in [0.15, 0.2) is 5.13 Å². The second-order valence-corrected chi connectivity index (χ2v) is 10.5. The molecule has 1 saturated carbocycles. The molecule has 2 aromatic rings. The number of aliphatic hydroxyl groups is 1. The van der Waals surface area contributed by atoms with Crippen molar-refractivity contribution >= 4 is 34.4 Å². The first-order valence-corrected chi connectivity index (χ1v) is 13.1. The summed E-state index contributed by atoms with van der Waals surface area (Å²) in [4.78, 5) is 43.3. The van der Waals surface area contributed by atoms with Crippen LogP contribution in [0.25, 0.3) is 0 Å². The van der Waals surface area contributed by atoms with Crippen LogP contribution in [0.3, 0.4) is 0 Å². The minimum atomic E-state index is -0.973. The fourth-order valence-corrected chi connectivity index (χ4v) is 5.90. The van der Waals surface area contributed by atoms with E-state index in [0.717, 1.165) is 37.2 Å². The Morgan fingerprint density at radius 1 is 1.27 bits per heavy atom. The molecular formula is C25H32FN5O5S. The first kappa shape index (κ1) is 27.0. The smallest absolute Gasteiger partial charge is 0.413 e. The molecule has 12 heteroatoms. The van der Waals surface area contributed by atoms with Crippen molar-refractivity contribution in [3.63, 3.8) is 0 Å². The summed E-state index contributed by atoms with van der Waals surface area (Å²) in [6.45, 7) is 0.771. The highest BCUT2D eigenvalue weighted by Crippen LogP contribution is 2.42. The molecule has 2 aliphatic rings. The number of carbonyl (C=O) groups excluding carboxylic acids is 3. The quantitative estimate of drug-likeness (QED) is 0.410. The lowest BCUT2D eigenvalue weighted by Gasteiger charge is -2.39. The Hall–Kier alpha value is -3.09. The second kappa shape index (κ2) is 12.0. The van der Waals surface area contributed by atoms with E-state index in [1.807, 2.05) is 0 Å². The maximum atomic E-state index is 12.8. The fourth-order valence-electron chi connectivity index (χ4n) is 4.95. The van der Waals surface area contributed by atoms with Crippen LogP contribution in [-0.2, 0) is 21.8 Å². The molecule has 4 rings (SSSR count). The fraction of sp³-hybridized carbons (Fsp3) is 0.520. The summed E-state index contributed by atoms with van der Waals surface area (Å²) >= 11 is 1.25. The molecule has 1 aliphatic carbocycles. The van der Waals surface area contributed by atoms with E-state index in [9.17, 15) is 23.9 Å². The highest BCUT2D eigenvalue weighted by atomic mass is 32.1. The van der Waals surface area contributed by atoms with Crippen LogP contribution in [0.1, 0.15) is 52.9 Å². The second-order valence-electron chi connectivity index (χ2n) is 9.47. The van der Waals surface area contributed by atoms with Gasteiger partial charge in [-0.25, -0.2) is 14.2 Å². The Balaban J connectivity index is 1.20. The molecule has 10 nitrogen and oxygen atoms in total. The Morgan fingerprint density at radius 3 is 2.78 bits per heavy atom. The number of carbonyl (C=O) groups is 3. The van der Waals surface area contributed by atoms with Crippen molar-refractivity contribution in [2.45, 2.75) is 56.5 Å². The number of benzene rings is 1. The third kappa shape index (κ3) is 6.82. The highest BCUT2D eigenvalue weighted by Gasteiger charge is 2.39. The molecular weight excluding hydrogens is 501 g/mol. The Labute approximate surface area is 218 Å². The summed E-state index contributed by atoms with van der Waals surface area (Å²) in [6.07, 6.45) is 4.61. The molecule has 2 heterocycles. The van der Waals surface area contributed by atoms with Crippen molar-refractivity contribution in [3.8, 4) is 0 Å². The average molecular weight is 534 g/mol. The van der Waals surface area contributed by atoms with Gasteiger partial charge in [-0.2, -0.15) is 0 Å². The van der Waals surface area contributed by atoms with Gasteiger partial charge in [0, 0.05) is 36.9 Å². The molecule has 1 aliphatic heterocycles. The number of amides is 3. The van der Waals surface area contributed by atoms with Gasteiger partial charge in [-0.05, 0) is 49.8 Å². The van der Waals surface area contributed by atoms with Gasteiger partial charge in [0.25, 0.3) is 5.91 Å². The van der Waals surface area contributed by atoms with Crippen LogP contribution in [0, 0.1) is 0 Å². The number of hydrogen-bond acceptors (Lipinski definition) is 8. The molecule has 1 saturated heterocycles. The summed E-state index contributed by atoms with van der Waals surface area (Å²) in [6, 6.07) is 6.57. The number of anilines is 1. The lowest BCUT2D eigenvalue weighted by Crippen LogP contribution is -2.45. The van der Waals surface area contributed by atoms with Crippen molar-refractivity contribution in [2.75, 3.05) is 32.1 Å². The molecule has 37 heavy (non-hydrogen) atoms. The minimum Gasteiger partial charge on any atom is -0.453 e. The number of ether oxygens (including phenoxy) is 1. The molecule has 200 valence electrons. The number of halogens is 1. The first-order chi connectivity index (χ1) is 17.8. The lowest BCUT2D eigenvalue weighted by molar-refractivity contribution is -0.120. The number of nitrogens with one attached hydrogen (secondary N) is 3. The van der Waals surface area contributed by atoms with Crippen molar-refractivity contribution < 1.29 is 28.6 Å². The zero-order valence-electron chi connectivity index (χ0n) is 20.7. The number of hydrogen-bond donors (Lipinski definition) is 4. The number of thiazole rings is 1. The van der Waals surface area contributed by atoms with E-state index in [1.54, 1.807) is 24.4 Å². The van der Waals surface area contributed by atoms with Crippen LogP contribution in [0.2, 0.25) is 0 Å². The van der Waals surface area contributed by atoms with Gasteiger partial charge < -0.3 is 20.5 Å². The van der Waals surface area contributed by atoms with E-state index in [-0.39, 0.29) is 18.5 Å². The molecule has 1 aromatic heterocycles. The van der Waals surface area contributed by atoms with Gasteiger partial charge in [-0.15, -0.1) is 0 Å². The number of aromatic nitrogens is 1. The topological polar surface area (TPSA) is 133 Å². The van der Waals surface area contributed by atoms with Crippen LogP contribution in [-0.4, -0.2) is 71.7 Å². The number of methoxy groups -OCH3 is 1. The molecule has 4 N–H and O–H groups in total. The van der Waals surface area contributed by atoms with E-state index < -0.39 is 24.3 Å². The van der Waals surface area contributed by atoms with Gasteiger partial charge in [-0.1, -0.05) is 23.5 Å². The van der Waals surface area contributed by atoms with Crippen molar-refractivity contribution in [1.29, 1.82) is 0 Å². The molecule has 3 amide bonds. The zero-order valence-corrected chi connectivity index (χ0v) is 21.5. The molecule has 0 spiro atoms. The molecule has 2 fully saturated rings. The van der Waals surface area contributed by atoms with Gasteiger partial charge in [0.1, 0.15) is 12.3 Å². The van der Waals surface area contributed by atoms with E-state index in [1.165, 1.54) is 24.5 Å². The van der Waals surface area contributed by atoms with E-state index in [0.29, 0.717) is 35.1 Å². The minimum absolute atomic E-state index is 0.00599. The van der Waals surface area contributed by atoms with E-state index in [2.05, 4.69) is 30.6 Å². The van der Waals surface area contributed by atoms with Crippen LogP contribution < -0.4 is 16.0 Å².